The van der Waals surface area contributed by atoms with Crippen LogP contribution < -0.4 is 5.32 Å². The van der Waals surface area contributed by atoms with Gasteiger partial charge in [-0.05, 0) is 18.5 Å². The van der Waals surface area contributed by atoms with E-state index >= 15 is 0 Å². The third-order valence-electron chi connectivity index (χ3n) is 1.84. The Morgan fingerprint density at radius 3 is 3.19 bits per heavy atom. The Hall–Kier alpha value is -1.63. The highest BCUT2D eigenvalue weighted by Crippen LogP contribution is 2.12. The van der Waals surface area contributed by atoms with Crippen LogP contribution in [0.15, 0.2) is 16.0 Å². The summed E-state index contributed by atoms with van der Waals surface area (Å²) in [6, 6.07) is -0.794. The lowest BCUT2D eigenvalue weighted by molar-refractivity contribution is -0.139. The number of aromatic nitrogens is 1. The fourth-order valence-corrected chi connectivity index (χ4v) is 1.70. The number of nitrogens with zero attached hydrogens (tertiary/aromatic N) is 4. The van der Waals surface area contributed by atoms with Crippen molar-refractivity contribution >= 4 is 17.3 Å². The molecule has 0 fully saturated rings. The standard InChI is InChI=1S/C8H11N5O2S/c9-13-12-3-1-2-10-7(8(14)15)6-4-16-5-11-6/h4-5,7,10H,1-3H2,(H,14,15). The van der Waals surface area contributed by atoms with Crippen molar-refractivity contribution in [1.82, 2.24) is 10.3 Å². The summed E-state index contributed by atoms with van der Waals surface area (Å²) in [5.41, 5.74) is 10.1. The molecule has 1 aromatic rings. The van der Waals surface area contributed by atoms with Gasteiger partial charge in [0.2, 0.25) is 0 Å². The summed E-state index contributed by atoms with van der Waals surface area (Å²) < 4.78 is 0. The smallest absolute Gasteiger partial charge is 0.327 e. The van der Waals surface area contributed by atoms with Crippen LogP contribution in [0.3, 0.4) is 0 Å². The second kappa shape index (κ2) is 6.78. The number of aliphatic carboxylic acids is 1. The molecule has 0 bridgehead atoms. The largest absolute Gasteiger partial charge is 0.480 e. The van der Waals surface area contributed by atoms with Gasteiger partial charge in [-0.3, -0.25) is 10.1 Å². The maximum Gasteiger partial charge on any atom is 0.327 e. The molecule has 0 saturated heterocycles. The summed E-state index contributed by atoms with van der Waals surface area (Å²) in [5.74, 6) is -0.963. The van der Waals surface area contributed by atoms with Crippen molar-refractivity contribution in [2.75, 3.05) is 13.1 Å². The van der Waals surface area contributed by atoms with E-state index in [-0.39, 0.29) is 0 Å². The molecule has 1 atom stereocenters. The zero-order chi connectivity index (χ0) is 11.8. The molecule has 1 aromatic heterocycles. The van der Waals surface area contributed by atoms with Gasteiger partial charge in [-0.2, -0.15) is 0 Å². The van der Waals surface area contributed by atoms with E-state index in [0.29, 0.717) is 25.2 Å². The molecule has 0 amide bonds. The fraction of sp³-hybridized carbons (Fsp3) is 0.500. The van der Waals surface area contributed by atoms with Crippen molar-refractivity contribution in [3.8, 4) is 0 Å². The van der Waals surface area contributed by atoms with E-state index in [4.69, 9.17) is 10.6 Å². The number of carboxylic acid groups (broad SMARTS) is 1. The Kier molecular flexibility index (Phi) is 5.27. The van der Waals surface area contributed by atoms with E-state index in [9.17, 15) is 4.79 Å². The van der Waals surface area contributed by atoms with E-state index in [1.807, 2.05) is 0 Å². The number of nitrogens with one attached hydrogen (secondary N) is 1. The monoisotopic (exact) mass is 241 g/mol. The summed E-state index contributed by atoms with van der Waals surface area (Å²) in [5, 5.41) is 16.9. The Morgan fingerprint density at radius 1 is 1.81 bits per heavy atom. The van der Waals surface area contributed by atoms with Crippen molar-refractivity contribution in [2.45, 2.75) is 12.5 Å². The third-order valence-corrected chi connectivity index (χ3v) is 2.45. The molecule has 1 heterocycles. The molecule has 8 heteroatoms. The van der Waals surface area contributed by atoms with Gasteiger partial charge in [0.05, 0.1) is 11.2 Å². The second-order valence-electron chi connectivity index (χ2n) is 2.95. The van der Waals surface area contributed by atoms with Crippen LogP contribution in [0, 0.1) is 0 Å². The lowest BCUT2D eigenvalue weighted by Gasteiger charge is -2.11. The minimum absolute atomic E-state index is 0.354. The molecule has 7 nitrogen and oxygen atoms in total. The van der Waals surface area contributed by atoms with E-state index in [1.165, 1.54) is 11.3 Å². The predicted molar refractivity (Wildman–Crippen MR) is 59.1 cm³/mol. The molecule has 0 spiro atoms. The highest BCUT2D eigenvalue weighted by molar-refractivity contribution is 7.07. The Morgan fingerprint density at radius 2 is 2.62 bits per heavy atom. The molecular weight excluding hydrogens is 230 g/mol. The SMILES string of the molecule is [N-]=[N+]=NCCCNC(C(=O)O)c1cscn1. The second-order valence-corrected chi connectivity index (χ2v) is 3.67. The van der Waals surface area contributed by atoms with Crippen LogP contribution in [-0.4, -0.2) is 29.1 Å². The highest BCUT2D eigenvalue weighted by Gasteiger charge is 2.20. The summed E-state index contributed by atoms with van der Waals surface area (Å²) >= 11 is 1.35. The first-order valence-electron chi connectivity index (χ1n) is 4.61. The molecule has 0 saturated carbocycles. The Labute approximate surface area is 95.8 Å². The first-order valence-corrected chi connectivity index (χ1v) is 5.55. The van der Waals surface area contributed by atoms with Gasteiger partial charge >= 0.3 is 5.97 Å². The van der Waals surface area contributed by atoms with Crippen molar-refractivity contribution < 1.29 is 9.90 Å². The normalized spacial score (nSPS) is 11.8. The van der Waals surface area contributed by atoms with Crippen molar-refractivity contribution in [2.24, 2.45) is 5.11 Å². The molecule has 1 rings (SSSR count). The molecule has 16 heavy (non-hydrogen) atoms. The van der Waals surface area contributed by atoms with Gasteiger partial charge in [0.1, 0.15) is 6.04 Å². The molecule has 0 aliphatic heterocycles. The number of hydrogen-bond acceptors (Lipinski definition) is 5. The van der Waals surface area contributed by atoms with Gasteiger partial charge in [-0.15, -0.1) is 11.3 Å². The molecule has 0 aliphatic rings. The summed E-state index contributed by atoms with van der Waals surface area (Å²) in [4.78, 5) is 17.5. The number of carboxylic acids is 1. The third kappa shape index (κ3) is 3.85. The zero-order valence-corrected chi connectivity index (χ0v) is 9.22. The summed E-state index contributed by atoms with van der Waals surface area (Å²) in [6.07, 6.45) is 0.595. The minimum atomic E-state index is -0.963. The molecular formula is C8H11N5O2S. The topological polar surface area (TPSA) is 111 Å². The van der Waals surface area contributed by atoms with Crippen LogP contribution in [0.5, 0.6) is 0 Å². The van der Waals surface area contributed by atoms with Gasteiger partial charge in [-0.25, -0.2) is 4.98 Å². The molecule has 0 aliphatic carbocycles. The van der Waals surface area contributed by atoms with Gasteiger partial charge in [0, 0.05) is 16.8 Å². The van der Waals surface area contributed by atoms with Gasteiger partial charge in [-0.1, -0.05) is 5.11 Å². The summed E-state index contributed by atoms with van der Waals surface area (Å²) in [6.45, 7) is 0.820. The van der Waals surface area contributed by atoms with Gasteiger partial charge in [0.15, 0.2) is 0 Å². The molecule has 0 aromatic carbocycles. The number of carbonyl (C=O) groups is 1. The molecule has 0 radical (unpaired) electrons. The van der Waals surface area contributed by atoms with Gasteiger partial charge < -0.3 is 5.11 Å². The summed E-state index contributed by atoms with van der Waals surface area (Å²) in [7, 11) is 0. The maximum atomic E-state index is 10.9. The van der Waals surface area contributed by atoms with E-state index in [0.717, 1.165) is 0 Å². The molecule has 2 N–H and O–H groups in total. The van der Waals surface area contributed by atoms with Crippen LogP contribution >= 0.6 is 11.3 Å². The van der Waals surface area contributed by atoms with E-state index in [2.05, 4.69) is 20.3 Å². The number of azide groups is 1. The highest BCUT2D eigenvalue weighted by atomic mass is 32.1. The molecule has 1 unspecified atom stereocenters. The van der Waals surface area contributed by atoms with Crippen LogP contribution in [-0.2, 0) is 4.79 Å². The number of rotatable bonds is 7. The first kappa shape index (κ1) is 12.4. The quantitative estimate of drug-likeness (QED) is 0.326. The minimum Gasteiger partial charge on any atom is -0.480 e. The predicted octanol–water partition coefficient (Wildman–Crippen LogP) is 1.56. The van der Waals surface area contributed by atoms with E-state index < -0.39 is 12.0 Å². The lowest BCUT2D eigenvalue weighted by atomic mass is 10.2. The van der Waals surface area contributed by atoms with Crippen LogP contribution in [0.25, 0.3) is 10.4 Å². The lowest BCUT2D eigenvalue weighted by Crippen LogP contribution is -2.29. The van der Waals surface area contributed by atoms with Gasteiger partial charge in [0.25, 0.3) is 0 Å². The average molecular weight is 241 g/mol. The van der Waals surface area contributed by atoms with Crippen LogP contribution in [0.4, 0.5) is 0 Å². The number of thiazole rings is 1. The van der Waals surface area contributed by atoms with E-state index in [1.54, 1.807) is 10.9 Å². The fourth-order valence-electron chi connectivity index (χ4n) is 1.12. The number of hydrogen-bond donors (Lipinski definition) is 2. The first-order chi connectivity index (χ1) is 7.75. The maximum absolute atomic E-state index is 10.9. The average Bonchev–Trinajstić information content (AvgIpc) is 2.76. The zero-order valence-electron chi connectivity index (χ0n) is 8.41. The van der Waals surface area contributed by atoms with Crippen LogP contribution in [0.1, 0.15) is 18.2 Å². The van der Waals surface area contributed by atoms with Crippen molar-refractivity contribution in [1.29, 1.82) is 0 Å². The van der Waals surface area contributed by atoms with Crippen molar-refractivity contribution in [3.63, 3.8) is 0 Å². The Balaban J connectivity index is 2.41. The Bertz CT molecular complexity index is 374. The molecule has 86 valence electrons. The van der Waals surface area contributed by atoms with Crippen LogP contribution in [0.2, 0.25) is 0 Å². The van der Waals surface area contributed by atoms with Crippen molar-refractivity contribution in [3.05, 3.63) is 27.0 Å².